The predicted octanol–water partition coefficient (Wildman–Crippen LogP) is 2.30. The van der Waals surface area contributed by atoms with Crippen LogP contribution in [0.2, 0.25) is 0 Å². The van der Waals surface area contributed by atoms with Crippen LogP contribution in [-0.4, -0.2) is 44.6 Å². The minimum Gasteiger partial charge on any atom is -0.493 e. The molecule has 0 spiro atoms. The maximum Gasteiger partial charge on any atom is 0.226 e. The predicted molar refractivity (Wildman–Crippen MR) is 88.7 cm³/mol. The molecule has 0 bridgehead atoms. The van der Waals surface area contributed by atoms with Crippen LogP contribution < -0.4 is 19.5 Å². The van der Waals surface area contributed by atoms with E-state index in [-0.39, 0.29) is 0 Å². The van der Waals surface area contributed by atoms with Crippen LogP contribution in [0.5, 0.6) is 17.2 Å². The molecule has 1 aromatic carbocycles. The van der Waals surface area contributed by atoms with Crippen LogP contribution >= 0.6 is 0 Å². The van der Waals surface area contributed by atoms with Gasteiger partial charge >= 0.3 is 0 Å². The monoisotopic (exact) mass is 333 g/mol. The molecule has 2 heterocycles. The number of hydrogen-bond acceptors (Lipinski definition) is 7. The maximum atomic E-state index is 5.39. The van der Waals surface area contributed by atoms with E-state index in [0.717, 1.165) is 31.5 Å². The standard InChI is InChI=1S/C17H23N3O4/c1-21-13-8-12(9-14(22-2)16(13)23-3)17-19-15(24-20-17)5-4-11-6-7-18-10-11/h8-9,11,18H,4-7,10H2,1-3H3. The fraction of sp³-hybridized carbons (Fsp3) is 0.529. The van der Waals surface area contributed by atoms with Gasteiger partial charge in [0, 0.05) is 12.0 Å². The molecule has 0 saturated carbocycles. The van der Waals surface area contributed by atoms with Crippen LogP contribution in [0, 0.1) is 5.92 Å². The summed E-state index contributed by atoms with van der Waals surface area (Å²) in [5.41, 5.74) is 0.766. The van der Waals surface area contributed by atoms with Crippen LogP contribution in [0.1, 0.15) is 18.7 Å². The lowest BCUT2D eigenvalue weighted by atomic mass is 10.0. The van der Waals surface area contributed by atoms with Crippen molar-refractivity contribution in [2.45, 2.75) is 19.3 Å². The van der Waals surface area contributed by atoms with Gasteiger partial charge in [0.25, 0.3) is 0 Å². The Morgan fingerprint density at radius 3 is 2.50 bits per heavy atom. The van der Waals surface area contributed by atoms with Crippen LogP contribution in [-0.2, 0) is 6.42 Å². The Morgan fingerprint density at radius 2 is 1.92 bits per heavy atom. The highest BCUT2D eigenvalue weighted by atomic mass is 16.5. The number of aromatic nitrogens is 2. The molecule has 1 atom stereocenters. The van der Waals surface area contributed by atoms with Gasteiger partial charge in [-0.15, -0.1) is 0 Å². The summed E-state index contributed by atoms with van der Waals surface area (Å²) in [7, 11) is 4.74. The van der Waals surface area contributed by atoms with Gasteiger partial charge in [-0.2, -0.15) is 4.98 Å². The van der Waals surface area contributed by atoms with Gasteiger partial charge in [0.15, 0.2) is 11.5 Å². The van der Waals surface area contributed by atoms with E-state index in [0.29, 0.717) is 34.9 Å². The summed E-state index contributed by atoms with van der Waals surface area (Å²) in [5, 5.41) is 7.45. The molecular formula is C17H23N3O4. The molecule has 0 aliphatic carbocycles. The van der Waals surface area contributed by atoms with Crippen LogP contribution in [0.25, 0.3) is 11.4 Å². The molecule has 24 heavy (non-hydrogen) atoms. The van der Waals surface area contributed by atoms with Gasteiger partial charge in [-0.25, -0.2) is 0 Å². The molecule has 1 aromatic heterocycles. The quantitative estimate of drug-likeness (QED) is 0.833. The molecule has 1 N–H and O–H groups in total. The van der Waals surface area contributed by atoms with Crippen molar-refractivity contribution in [3.63, 3.8) is 0 Å². The van der Waals surface area contributed by atoms with E-state index in [4.69, 9.17) is 18.7 Å². The second-order valence-electron chi connectivity index (χ2n) is 5.82. The zero-order valence-electron chi connectivity index (χ0n) is 14.3. The van der Waals surface area contributed by atoms with E-state index in [1.165, 1.54) is 6.42 Å². The van der Waals surface area contributed by atoms with Crippen molar-refractivity contribution in [1.82, 2.24) is 15.5 Å². The SMILES string of the molecule is COc1cc(-c2noc(CCC3CCNC3)n2)cc(OC)c1OC. The van der Waals surface area contributed by atoms with Crippen molar-refractivity contribution in [2.75, 3.05) is 34.4 Å². The van der Waals surface area contributed by atoms with Crippen molar-refractivity contribution >= 4 is 0 Å². The first kappa shape index (κ1) is 16.6. The second-order valence-corrected chi connectivity index (χ2v) is 5.82. The molecular weight excluding hydrogens is 310 g/mol. The zero-order valence-corrected chi connectivity index (χ0v) is 14.3. The molecule has 2 aromatic rings. The smallest absolute Gasteiger partial charge is 0.226 e. The molecule has 3 rings (SSSR count). The van der Waals surface area contributed by atoms with Crippen molar-refractivity contribution in [3.05, 3.63) is 18.0 Å². The normalized spacial score (nSPS) is 17.0. The minimum absolute atomic E-state index is 0.522. The highest BCUT2D eigenvalue weighted by Crippen LogP contribution is 2.40. The summed E-state index contributed by atoms with van der Waals surface area (Å²) < 4.78 is 21.4. The number of methoxy groups -OCH3 is 3. The molecule has 1 saturated heterocycles. The molecule has 0 radical (unpaired) electrons. The fourth-order valence-corrected chi connectivity index (χ4v) is 2.97. The third-order valence-electron chi connectivity index (χ3n) is 4.32. The molecule has 7 heteroatoms. The minimum atomic E-state index is 0.522. The number of benzene rings is 1. The second kappa shape index (κ2) is 7.53. The lowest BCUT2D eigenvalue weighted by molar-refractivity contribution is 0.324. The number of rotatable bonds is 7. The molecule has 1 aliphatic rings. The highest BCUT2D eigenvalue weighted by molar-refractivity contribution is 5.66. The Bertz CT molecular complexity index is 655. The van der Waals surface area contributed by atoms with Crippen molar-refractivity contribution in [2.24, 2.45) is 5.92 Å². The highest BCUT2D eigenvalue weighted by Gasteiger charge is 2.19. The fourth-order valence-electron chi connectivity index (χ4n) is 2.97. The molecule has 130 valence electrons. The number of ether oxygens (including phenoxy) is 3. The molecule has 7 nitrogen and oxygen atoms in total. The topological polar surface area (TPSA) is 78.6 Å². The van der Waals surface area contributed by atoms with E-state index in [9.17, 15) is 0 Å². The Balaban J connectivity index is 1.78. The van der Waals surface area contributed by atoms with Gasteiger partial charge in [0.1, 0.15) is 0 Å². The van der Waals surface area contributed by atoms with E-state index < -0.39 is 0 Å². The Hall–Kier alpha value is -2.28. The Morgan fingerprint density at radius 1 is 1.17 bits per heavy atom. The average molecular weight is 333 g/mol. The van der Waals surface area contributed by atoms with E-state index in [1.54, 1.807) is 21.3 Å². The first-order valence-electron chi connectivity index (χ1n) is 8.08. The Kier molecular flexibility index (Phi) is 5.20. The number of nitrogens with zero attached hydrogens (tertiary/aromatic N) is 2. The lowest BCUT2D eigenvalue weighted by Gasteiger charge is -2.12. The third kappa shape index (κ3) is 3.46. The number of aryl methyl sites for hydroxylation is 1. The van der Waals surface area contributed by atoms with Gasteiger partial charge in [-0.3, -0.25) is 0 Å². The summed E-state index contributed by atoms with van der Waals surface area (Å²) in [4.78, 5) is 4.50. The van der Waals surface area contributed by atoms with E-state index in [2.05, 4.69) is 15.5 Å². The third-order valence-corrected chi connectivity index (χ3v) is 4.32. The Labute approximate surface area is 141 Å². The van der Waals surface area contributed by atoms with Crippen LogP contribution in [0.3, 0.4) is 0 Å². The number of hydrogen-bond donors (Lipinski definition) is 1. The van der Waals surface area contributed by atoms with Gasteiger partial charge in [-0.05, 0) is 44.0 Å². The lowest BCUT2D eigenvalue weighted by Crippen LogP contribution is -2.09. The zero-order chi connectivity index (χ0) is 16.9. The van der Waals surface area contributed by atoms with E-state index >= 15 is 0 Å². The summed E-state index contributed by atoms with van der Waals surface area (Å²) >= 11 is 0. The molecule has 1 fully saturated rings. The van der Waals surface area contributed by atoms with E-state index in [1.807, 2.05) is 12.1 Å². The maximum absolute atomic E-state index is 5.39. The summed E-state index contributed by atoms with van der Waals surface area (Å²) in [5.74, 6) is 3.55. The van der Waals surface area contributed by atoms with Crippen molar-refractivity contribution in [3.8, 4) is 28.6 Å². The van der Waals surface area contributed by atoms with Gasteiger partial charge in [-0.1, -0.05) is 5.16 Å². The average Bonchev–Trinajstić information content (AvgIpc) is 3.30. The van der Waals surface area contributed by atoms with Gasteiger partial charge in [0.05, 0.1) is 21.3 Å². The van der Waals surface area contributed by atoms with Crippen molar-refractivity contribution < 1.29 is 18.7 Å². The van der Waals surface area contributed by atoms with Crippen LogP contribution in [0.4, 0.5) is 0 Å². The molecule has 1 aliphatic heterocycles. The summed E-state index contributed by atoms with van der Waals surface area (Å²) in [6.07, 6.45) is 3.07. The molecule has 0 amide bonds. The first-order valence-corrected chi connectivity index (χ1v) is 8.08. The van der Waals surface area contributed by atoms with Gasteiger partial charge < -0.3 is 24.1 Å². The van der Waals surface area contributed by atoms with Crippen LogP contribution in [0.15, 0.2) is 16.7 Å². The largest absolute Gasteiger partial charge is 0.493 e. The first-order chi connectivity index (χ1) is 11.7. The summed E-state index contributed by atoms with van der Waals surface area (Å²) in [6, 6.07) is 3.63. The van der Waals surface area contributed by atoms with Gasteiger partial charge in [0.2, 0.25) is 17.5 Å². The van der Waals surface area contributed by atoms with Crippen molar-refractivity contribution in [1.29, 1.82) is 0 Å². The molecule has 1 unspecified atom stereocenters. The summed E-state index contributed by atoms with van der Waals surface area (Å²) in [6.45, 7) is 2.18. The number of nitrogens with one attached hydrogen (secondary N) is 1.